The van der Waals surface area contributed by atoms with Crippen molar-refractivity contribution in [2.45, 2.75) is 69.3 Å². The van der Waals surface area contributed by atoms with Crippen molar-refractivity contribution in [3.05, 3.63) is 0 Å². The lowest BCUT2D eigenvalue weighted by Gasteiger charge is -2.30. The van der Waals surface area contributed by atoms with Gasteiger partial charge in [-0.2, -0.15) is 0 Å². The number of nitrogens with zero attached hydrogens (tertiary/aromatic N) is 1. The van der Waals surface area contributed by atoms with E-state index in [1.807, 2.05) is 0 Å². The van der Waals surface area contributed by atoms with Gasteiger partial charge in [-0.3, -0.25) is 24.0 Å². The largest absolute Gasteiger partial charge is 0.481 e. The lowest BCUT2D eigenvalue weighted by atomic mass is 10.1. The van der Waals surface area contributed by atoms with Crippen LogP contribution in [0.2, 0.25) is 0 Å². The second kappa shape index (κ2) is 12.0. The van der Waals surface area contributed by atoms with Crippen molar-refractivity contribution in [3.63, 3.8) is 0 Å². The summed E-state index contributed by atoms with van der Waals surface area (Å²) in [5.41, 5.74) is 10.7. The number of aliphatic hydroxyl groups is 1. The highest BCUT2D eigenvalue weighted by molar-refractivity contribution is 5.96. The van der Waals surface area contributed by atoms with Crippen LogP contribution in [0, 0.1) is 0 Å². The monoisotopic (exact) mass is 459 g/mol. The van der Waals surface area contributed by atoms with Gasteiger partial charge in [-0.05, 0) is 26.2 Å². The van der Waals surface area contributed by atoms with Gasteiger partial charge >= 0.3 is 11.9 Å². The summed E-state index contributed by atoms with van der Waals surface area (Å²) in [4.78, 5) is 72.0. The van der Waals surface area contributed by atoms with Crippen molar-refractivity contribution in [1.82, 2.24) is 15.5 Å². The van der Waals surface area contributed by atoms with E-state index in [4.69, 9.17) is 16.6 Å². The highest BCUT2D eigenvalue weighted by Gasteiger charge is 2.40. The number of carbonyl (C=O) groups excluding carboxylic acids is 4. The first-order valence-corrected chi connectivity index (χ1v) is 9.92. The molecule has 4 amide bonds. The third-order valence-corrected chi connectivity index (χ3v) is 4.91. The van der Waals surface area contributed by atoms with Gasteiger partial charge in [-0.1, -0.05) is 0 Å². The summed E-state index contributed by atoms with van der Waals surface area (Å²) in [6.07, 6.45) is -2.07. The van der Waals surface area contributed by atoms with Gasteiger partial charge in [-0.25, -0.2) is 4.79 Å². The molecule has 0 radical (unpaired) electrons. The zero-order valence-corrected chi connectivity index (χ0v) is 17.5. The number of rotatable bonds is 12. The molecule has 1 fully saturated rings. The Morgan fingerprint density at radius 2 is 1.72 bits per heavy atom. The van der Waals surface area contributed by atoms with Gasteiger partial charge in [0.25, 0.3) is 0 Å². The molecule has 1 aliphatic heterocycles. The lowest BCUT2D eigenvalue weighted by molar-refractivity contribution is -0.151. The summed E-state index contributed by atoms with van der Waals surface area (Å²) in [7, 11) is 0. The molecule has 1 heterocycles. The first-order chi connectivity index (χ1) is 14.8. The van der Waals surface area contributed by atoms with E-state index < -0.39 is 78.7 Å². The van der Waals surface area contributed by atoms with Crippen LogP contribution in [-0.4, -0.2) is 92.6 Å². The fraction of sp³-hybridized carbons (Fsp3) is 0.667. The standard InChI is InChI=1S/C18H29N5O9/c1-8(24)14(17(30)23-6-2-3-11(23)18(31)32)22-16(29)10(7-12(20)25)21-15(28)9(19)4-5-13(26)27/h8-11,14,24H,2-7,19H2,1H3,(H2,20,25)(H,21,28)(H,22,29)(H,26,27)(H,31,32). The molecule has 0 aromatic rings. The quantitative estimate of drug-likeness (QED) is 0.152. The average molecular weight is 459 g/mol. The minimum Gasteiger partial charge on any atom is -0.481 e. The molecule has 0 spiro atoms. The van der Waals surface area contributed by atoms with Crippen LogP contribution >= 0.6 is 0 Å². The van der Waals surface area contributed by atoms with E-state index in [0.717, 1.165) is 4.90 Å². The Balaban J connectivity index is 2.94. The van der Waals surface area contributed by atoms with E-state index in [-0.39, 0.29) is 19.4 Å². The Labute approximate surface area is 183 Å². The zero-order chi connectivity index (χ0) is 24.6. The van der Waals surface area contributed by atoms with E-state index in [0.29, 0.717) is 6.42 Å². The predicted octanol–water partition coefficient (Wildman–Crippen LogP) is -3.52. The maximum absolute atomic E-state index is 12.8. The van der Waals surface area contributed by atoms with E-state index in [1.165, 1.54) is 6.92 Å². The number of nitrogens with one attached hydrogen (secondary N) is 2. The topological polar surface area (TPSA) is 242 Å². The Bertz CT molecular complexity index is 757. The average Bonchev–Trinajstić information content (AvgIpc) is 3.18. The summed E-state index contributed by atoms with van der Waals surface area (Å²) in [6, 6.07) is -5.49. The maximum atomic E-state index is 12.8. The molecule has 0 aromatic carbocycles. The van der Waals surface area contributed by atoms with Crippen LogP contribution in [-0.2, 0) is 28.8 Å². The van der Waals surface area contributed by atoms with Gasteiger partial charge in [0.05, 0.1) is 18.6 Å². The minimum atomic E-state index is -1.56. The van der Waals surface area contributed by atoms with Crippen LogP contribution in [0.25, 0.3) is 0 Å². The second-order valence-electron chi connectivity index (χ2n) is 7.53. The highest BCUT2D eigenvalue weighted by atomic mass is 16.4. The second-order valence-corrected chi connectivity index (χ2v) is 7.53. The van der Waals surface area contributed by atoms with Crippen LogP contribution < -0.4 is 22.1 Å². The molecule has 14 nitrogen and oxygen atoms in total. The maximum Gasteiger partial charge on any atom is 0.326 e. The Hall–Kier alpha value is -3.26. The summed E-state index contributed by atoms with van der Waals surface area (Å²) >= 11 is 0. The molecule has 0 aromatic heterocycles. The van der Waals surface area contributed by atoms with Crippen LogP contribution in [0.3, 0.4) is 0 Å². The molecule has 0 saturated carbocycles. The number of hydrogen-bond donors (Lipinski definition) is 7. The number of primary amides is 1. The van der Waals surface area contributed by atoms with E-state index in [9.17, 15) is 39.0 Å². The Morgan fingerprint density at radius 1 is 1.09 bits per heavy atom. The van der Waals surface area contributed by atoms with Crippen molar-refractivity contribution in [2.75, 3.05) is 6.54 Å². The van der Waals surface area contributed by atoms with Gasteiger partial charge in [0, 0.05) is 13.0 Å². The van der Waals surface area contributed by atoms with Crippen LogP contribution in [0.5, 0.6) is 0 Å². The molecule has 32 heavy (non-hydrogen) atoms. The Morgan fingerprint density at radius 3 is 2.22 bits per heavy atom. The number of carbonyl (C=O) groups is 6. The fourth-order valence-corrected chi connectivity index (χ4v) is 3.21. The Kier molecular flexibility index (Phi) is 10.00. The molecule has 1 saturated heterocycles. The van der Waals surface area contributed by atoms with Gasteiger partial charge < -0.3 is 42.3 Å². The first kappa shape index (κ1) is 26.8. The van der Waals surface area contributed by atoms with E-state index in [2.05, 4.69) is 10.6 Å². The van der Waals surface area contributed by atoms with Gasteiger partial charge in [0.2, 0.25) is 23.6 Å². The van der Waals surface area contributed by atoms with Crippen LogP contribution in [0.1, 0.15) is 39.0 Å². The van der Waals surface area contributed by atoms with Crippen molar-refractivity contribution in [1.29, 1.82) is 0 Å². The number of carboxylic acids is 2. The molecule has 0 aliphatic carbocycles. The van der Waals surface area contributed by atoms with Gasteiger partial charge in [-0.15, -0.1) is 0 Å². The third kappa shape index (κ3) is 7.77. The van der Waals surface area contributed by atoms with Crippen LogP contribution in [0.15, 0.2) is 0 Å². The lowest BCUT2D eigenvalue weighted by Crippen LogP contribution is -2.60. The number of likely N-dealkylation sites (tertiary alicyclic amines) is 1. The van der Waals surface area contributed by atoms with Crippen LogP contribution in [0.4, 0.5) is 0 Å². The number of aliphatic hydroxyl groups excluding tert-OH is 1. The predicted molar refractivity (Wildman–Crippen MR) is 107 cm³/mol. The molecule has 5 atom stereocenters. The molecule has 14 heteroatoms. The van der Waals surface area contributed by atoms with E-state index >= 15 is 0 Å². The smallest absolute Gasteiger partial charge is 0.326 e. The third-order valence-electron chi connectivity index (χ3n) is 4.91. The number of hydrogen-bond acceptors (Lipinski definition) is 8. The van der Waals surface area contributed by atoms with Crippen molar-refractivity contribution in [3.8, 4) is 0 Å². The molecule has 0 bridgehead atoms. The molecular formula is C18H29N5O9. The molecule has 1 rings (SSSR count). The van der Waals surface area contributed by atoms with E-state index in [1.54, 1.807) is 0 Å². The zero-order valence-electron chi connectivity index (χ0n) is 17.5. The van der Waals surface area contributed by atoms with Crippen molar-refractivity contribution < 1.29 is 44.1 Å². The van der Waals surface area contributed by atoms with Gasteiger partial charge in [0.15, 0.2) is 0 Å². The minimum absolute atomic E-state index is 0.120. The highest BCUT2D eigenvalue weighted by Crippen LogP contribution is 2.19. The number of amides is 4. The molecular weight excluding hydrogens is 430 g/mol. The molecule has 5 unspecified atom stereocenters. The number of nitrogens with two attached hydrogens (primary N) is 2. The first-order valence-electron chi connectivity index (χ1n) is 9.92. The number of aliphatic carboxylic acids is 2. The normalized spacial score (nSPS) is 19.3. The summed E-state index contributed by atoms with van der Waals surface area (Å²) in [6.45, 7) is 1.33. The molecule has 180 valence electrons. The summed E-state index contributed by atoms with van der Waals surface area (Å²) in [5.74, 6) is -6.15. The molecule has 1 aliphatic rings. The molecule has 9 N–H and O–H groups in total. The number of carboxylic acid groups (broad SMARTS) is 2. The van der Waals surface area contributed by atoms with Crippen molar-refractivity contribution >= 4 is 35.6 Å². The van der Waals surface area contributed by atoms with Crippen molar-refractivity contribution in [2.24, 2.45) is 11.5 Å². The fourth-order valence-electron chi connectivity index (χ4n) is 3.21. The summed E-state index contributed by atoms with van der Waals surface area (Å²) in [5, 5.41) is 32.3. The SMILES string of the molecule is CC(O)C(NC(=O)C(CC(N)=O)NC(=O)C(N)CCC(=O)O)C(=O)N1CCCC1C(=O)O. The van der Waals surface area contributed by atoms with Gasteiger partial charge in [0.1, 0.15) is 18.1 Å². The summed E-state index contributed by atoms with van der Waals surface area (Å²) < 4.78 is 0.